The van der Waals surface area contributed by atoms with Gasteiger partial charge in [-0.15, -0.1) is 0 Å². The van der Waals surface area contributed by atoms with Crippen molar-refractivity contribution in [2.75, 3.05) is 0 Å². The Morgan fingerprint density at radius 2 is 1.61 bits per heavy atom. The second-order valence-corrected chi connectivity index (χ2v) is 11.9. The highest BCUT2D eigenvalue weighted by Crippen LogP contribution is 2.61. The minimum atomic E-state index is -0.232. The zero-order valence-electron chi connectivity index (χ0n) is 18.7. The van der Waals surface area contributed by atoms with Gasteiger partial charge in [0.05, 0.1) is 0 Å². The third-order valence-electron chi connectivity index (χ3n) is 7.30. The predicted octanol–water partition coefficient (Wildman–Crippen LogP) is 4.92. The lowest BCUT2D eigenvalue weighted by molar-refractivity contribution is -0.122. The van der Waals surface area contributed by atoms with Gasteiger partial charge in [-0.1, -0.05) is 20.8 Å². The smallest absolute Gasteiger partial charge is 0.263 e. The highest BCUT2D eigenvalue weighted by Gasteiger charge is 2.53. The zero-order chi connectivity index (χ0) is 20.7. The Hall–Kier alpha value is -1.50. The maximum atomic E-state index is 12.8. The highest BCUT2D eigenvalue weighted by atomic mass is 16.1. The first-order valence-electron chi connectivity index (χ1n) is 11.1. The minimum Gasteiger partial charge on any atom is -0.385 e. The molecule has 0 aromatic heterocycles. The molecule has 0 aromatic carbocycles. The van der Waals surface area contributed by atoms with Gasteiger partial charge >= 0.3 is 0 Å². The standard InChI is InChI=1S/C24H39N3O/c1-16(24-10-17-7-18(11-24)9-19(8-17)12-24)27-21(28)20(13-25)14-26-23(5,6)15-22(2,3)4/h14,16-19,26H,7-12,15H2,1-6H3,(H,27,28)/b20-14-. The van der Waals surface area contributed by atoms with Crippen LogP contribution in [0.1, 0.15) is 86.5 Å². The largest absolute Gasteiger partial charge is 0.385 e. The quantitative estimate of drug-likeness (QED) is 0.504. The SMILES string of the molecule is CC(NC(=O)/C(C#N)=C\NC(C)(C)CC(C)(C)C)C12CC3CC(CC(C3)C1)C2. The average molecular weight is 386 g/mol. The van der Waals surface area contributed by atoms with Crippen LogP contribution in [-0.4, -0.2) is 17.5 Å². The summed E-state index contributed by atoms with van der Waals surface area (Å²) in [5.74, 6) is 2.34. The summed E-state index contributed by atoms with van der Waals surface area (Å²) < 4.78 is 0. The number of carbonyl (C=O) groups excluding carboxylic acids is 1. The van der Waals surface area contributed by atoms with E-state index in [2.05, 4.69) is 58.2 Å². The van der Waals surface area contributed by atoms with Crippen molar-refractivity contribution in [1.82, 2.24) is 10.6 Å². The van der Waals surface area contributed by atoms with Gasteiger partial charge in [0.2, 0.25) is 0 Å². The van der Waals surface area contributed by atoms with Crippen LogP contribution in [0.2, 0.25) is 0 Å². The number of hydrogen-bond donors (Lipinski definition) is 2. The van der Waals surface area contributed by atoms with E-state index in [1.807, 2.05) is 0 Å². The fraction of sp³-hybridized carbons (Fsp3) is 0.833. The highest BCUT2D eigenvalue weighted by molar-refractivity contribution is 5.97. The lowest BCUT2D eigenvalue weighted by atomic mass is 9.48. The molecule has 28 heavy (non-hydrogen) atoms. The maximum Gasteiger partial charge on any atom is 0.263 e. The first kappa shape index (κ1) is 21.2. The minimum absolute atomic E-state index is 0.132. The molecule has 4 rings (SSSR count). The van der Waals surface area contributed by atoms with Crippen molar-refractivity contribution in [2.45, 2.75) is 98.1 Å². The van der Waals surface area contributed by atoms with E-state index < -0.39 is 0 Å². The Kier molecular flexibility index (Phi) is 5.60. The van der Waals surface area contributed by atoms with Crippen molar-refractivity contribution >= 4 is 5.91 Å². The number of nitrogens with zero attached hydrogens (tertiary/aromatic N) is 1. The molecule has 0 radical (unpaired) electrons. The van der Waals surface area contributed by atoms with Gasteiger partial charge in [-0.25, -0.2) is 0 Å². The predicted molar refractivity (Wildman–Crippen MR) is 113 cm³/mol. The van der Waals surface area contributed by atoms with Crippen LogP contribution in [0.15, 0.2) is 11.8 Å². The molecule has 1 unspecified atom stereocenters. The van der Waals surface area contributed by atoms with Crippen molar-refractivity contribution in [3.05, 3.63) is 11.8 Å². The van der Waals surface area contributed by atoms with E-state index in [1.54, 1.807) is 6.20 Å². The number of nitrogens with one attached hydrogen (secondary N) is 2. The fourth-order valence-electron chi connectivity index (χ4n) is 6.93. The van der Waals surface area contributed by atoms with Crippen molar-refractivity contribution < 1.29 is 4.79 Å². The Morgan fingerprint density at radius 3 is 2.04 bits per heavy atom. The first-order valence-corrected chi connectivity index (χ1v) is 11.1. The van der Waals surface area contributed by atoms with Crippen LogP contribution in [0.25, 0.3) is 0 Å². The number of amides is 1. The van der Waals surface area contributed by atoms with Crippen LogP contribution in [0, 0.1) is 39.9 Å². The molecular weight excluding hydrogens is 346 g/mol. The van der Waals surface area contributed by atoms with Gasteiger partial charge in [0.1, 0.15) is 11.6 Å². The van der Waals surface area contributed by atoms with Gasteiger partial charge in [0, 0.05) is 17.8 Å². The van der Waals surface area contributed by atoms with Crippen LogP contribution in [-0.2, 0) is 4.79 Å². The number of hydrogen-bond acceptors (Lipinski definition) is 3. The molecule has 4 heteroatoms. The molecule has 0 saturated heterocycles. The number of rotatable bonds is 6. The molecule has 4 nitrogen and oxygen atoms in total. The third-order valence-corrected chi connectivity index (χ3v) is 7.30. The molecule has 4 saturated carbocycles. The molecule has 2 N–H and O–H groups in total. The zero-order valence-corrected chi connectivity index (χ0v) is 18.7. The van der Waals surface area contributed by atoms with Crippen LogP contribution >= 0.6 is 0 Å². The fourth-order valence-corrected chi connectivity index (χ4v) is 6.93. The Balaban J connectivity index is 1.63. The molecule has 0 heterocycles. The molecule has 0 aliphatic heterocycles. The second-order valence-electron chi connectivity index (χ2n) is 11.9. The van der Waals surface area contributed by atoms with Gasteiger partial charge in [-0.3, -0.25) is 4.79 Å². The summed E-state index contributed by atoms with van der Waals surface area (Å²) in [6.07, 6.45) is 10.5. The third kappa shape index (κ3) is 4.73. The Morgan fingerprint density at radius 1 is 1.11 bits per heavy atom. The first-order chi connectivity index (χ1) is 12.9. The lowest BCUT2D eigenvalue weighted by Gasteiger charge is -2.59. The summed E-state index contributed by atoms with van der Waals surface area (Å²) in [7, 11) is 0. The van der Waals surface area contributed by atoms with Crippen LogP contribution in [0.4, 0.5) is 0 Å². The molecule has 4 aliphatic carbocycles. The van der Waals surface area contributed by atoms with E-state index in [-0.39, 0.29) is 33.9 Å². The van der Waals surface area contributed by atoms with E-state index >= 15 is 0 Å². The number of carbonyl (C=O) groups is 1. The molecule has 0 spiro atoms. The van der Waals surface area contributed by atoms with Gasteiger partial charge in [0.15, 0.2) is 0 Å². The molecule has 4 bridgehead atoms. The van der Waals surface area contributed by atoms with Gasteiger partial charge in [-0.05, 0) is 94.3 Å². The van der Waals surface area contributed by atoms with Crippen molar-refractivity contribution in [3.8, 4) is 6.07 Å². The molecule has 0 aromatic rings. The average Bonchev–Trinajstić information content (AvgIpc) is 2.51. The molecule has 156 valence electrons. The summed E-state index contributed by atoms with van der Waals surface area (Å²) in [4.78, 5) is 12.8. The topological polar surface area (TPSA) is 64.9 Å². The molecule has 1 amide bonds. The summed E-state index contributed by atoms with van der Waals surface area (Å²) in [6.45, 7) is 13.0. The van der Waals surface area contributed by atoms with E-state index in [9.17, 15) is 10.1 Å². The van der Waals surface area contributed by atoms with Crippen LogP contribution in [0.3, 0.4) is 0 Å². The van der Waals surface area contributed by atoms with Gasteiger partial charge in [0.25, 0.3) is 5.91 Å². The van der Waals surface area contributed by atoms with E-state index in [0.717, 1.165) is 24.2 Å². The van der Waals surface area contributed by atoms with Crippen molar-refractivity contribution in [1.29, 1.82) is 5.26 Å². The number of nitriles is 1. The maximum absolute atomic E-state index is 12.8. The summed E-state index contributed by atoms with van der Waals surface area (Å²) in [6, 6.07) is 2.24. The molecule has 4 fully saturated rings. The van der Waals surface area contributed by atoms with Crippen LogP contribution in [0.5, 0.6) is 0 Å². The van der Waals surface area contributed by atoms with Gasteiger partial charge in [-0.2, -0.15) is 5.26 Å². The van der Waals surface area contributed by atoms with E-state index in [0.29, 0.717) is 0 Å². The summed E-state index contributed by atoms with van der Waals surface area (Å²) in [5.41, 5.74) is 0.432. The lowest BCUT2D eigenvalue weighted by Crippen LogP contribution is -2.56. The molecule has 1 atom stereocenters. The second kappa shape index (κ2) is 7.39. The van der Waals surface area contributed by atoms with Crippen molar-refractivity contribution in [3.63, 3.8) is 0 Å². The molecule has 4 aliphatic rings. The Labute approximate surface area is 171 Å². The van der Waals surface area contributed by atoms with Crippen LogP contribution < -0.4 is 10.6 Å². The van der Waals surface area contributed by atoms with Crippen molar-refractivity contribution in [2.24, 2.45) is 28.6 Å². The van der Waals surface area contributed by atoms with E-state index in [4.69, 9.17) is 0 Å². The summed E-state index contributed by atoms with van der Waals surface area (Å²) in [5, 5.41) is 16.1. The normalized spacial score (nSPS) is 33.3. The molecular formula is C24H39N3O. The monoisotopic (exact) mass is 385 g/mol. The van der Waals surface area contributed by atoms with E-state index in [1.165, 1.54) is 38.5 Å². The summed E-state index contributed by atoms with van der Waals surface area (Å²) >= 11 is 0. The van der Waals surface area contributed by atoms with Gasteiger partial charge < -0.3 is 10.6 Å². The Bertz CT molecular complexity index is 642.